The van der Waals surface area contributed by atoms with Crippen LogP contribution in [0.4, 0.5) is 24.5 Å². The maximum Gasteiger partial charge on any atom is 0.417 e. The van der Waals surface area contributed by atoms with Gasteiger partial charge < -0.3 is 5.32 Å². The first-order chi connectivity index (χ1) is 14.4. The molecule has 1 aliphatic heterocycles. The lowest BCUT2D eigenvalue weighted by molar-refractivity contribution is -0.137. The van der Waals surface area contributed by atoms with E-state index in [0.29, 0.717) is 11.8 Å². The van der Waals surface area contributed by atoms with Crippen molar-refractivity contribution in [3.8, 4) is 0 Å². The second-order valence-corrected chi connectivity index (χ2v) is 9.43. The number of alkyl halides is 3. The van der Waals surface area contributed by atoms with Gasteiger partial charge in [0.1, 0.15) is 0 Å². The number of carbonyl (C=O) groups is 1. The highest BCUT2D eigenvalue weighted by atomic mass is 35.5. The summed E-state index contributed by atoms with van der Waals surface area (Å²) in [5, 5.41) is 0.486. The van der Waals surface area contributed by atoms with E-state index in [1.165, 1.54) is 6.07 Å². The molecule has 0 spiro atoms. The molecule has 1 aliphatic rings. The second-order valence-electron chi connectivity index (χ2n) is 7.22. The number of hydrogen-bond donors (Lipinski definition) is 4. The molecule has 31 heavy (non-hydrogen) atoms. The Bertz CT molecular complexity index is 1080. The Balaban J connectivity index is 1.81. The highest BCUT2D eigenvalue weighted by Crippen LogP contribution is 2.36. The minimum atomic E-state index is -4.70. The Morgan fingerprint density at radius 2 is 1.68 bits per heavy atom. The predicted octanol–water partition coefficient (Wildman–Crippen LogP) is 3.49. The Morgan fingerprint density at radius 1 is 1.06 bits per heavy atom. The van der Waals surface area contributed by atoms with Gasteiger partial charge in [-0.15, -0.1) is 0 Å². The Hall–Kier alpha value is -2.34. The number of rotatable bonds is 5. The smallest absolute Gasteiger partial charge is 0.326 e. The van der Waals surface area contributed by atoms with Crippen LogP contribution in [-0.4, -0.2) is 25.7 Å². The third-order valence-electron chi connectivity index (χ3n) is 4.81. The summed E-state index contributed by atoms with van der Waals surface area (Å²) in [7, 11) is -4.07. The molecule has 1 heterocycles. The van der Waals surface area contributed by atoms with E-state index in [1.807, 2.05) is 6.92 Å². The Kier molecular flexibility index (Phi) is 6.51. The van der Waals surface area contributed by atoms with Crippen molar-refractivity contribution in [1.29, 1.82) is 0 Å². The zero-order valence-corrected chi connectivity index (χ0v) is 18.0. The van der Waals surface area contributed by atoms with E-state index in [4.69, 9.17) is 11.6 Å². The summed E-state index contributed by atoms with van der Waals surface area (Å²) < 4.78 is 67.4. The molecule has 12 heteroatoms. The first-order valence-electron chi connectivity index (χ1n) is 9.15. The molecule has 2 aromatic rings. The summed E-state index contributed by atoms with van der Waals surface area (Å²) in [6.45, 7) is 3.44. The van der Waals surface area contributed by atoms with Crippen molar-refractivity contribution in [3.05, 3.63) is 58.6 Å². The average Bonchev–Trinajstić information content (AvgIpc) is 3.07. The molecular weight excluding hydrogens is 457 g/mol. The number of benzene rings is 2. The SMILES string of the molecule is Cc1ccc(NS(=O)(=O)C2NNC(C)C2C(=O)Nc2ccc(Cl)c(C(F)(F)F)c2)cc1. The fraction of sp³-hybridized carbons (Fsp3) is 0.316. The third-order valence-corrected chi connectivity index (χ3v) is 6.74. The lowest BCUT2D eigenvalue weighted by Crippen LogP contribution is -2.45. The van der Waals surface area contributed by atoms with Crippen LogP contribution in [0.15, 0.2) is 42.5 Å². The maximum atomic E-state index is 13.1. The number of hydrazine groups is 1. The van der Waals surface area contributed by atoms with Crippen molar-refractivity contribution >= 4 is 38.9 Å². The monoisotopic (exact) mass is 476 g/mol. The summed E-state index contributed by atoms with van der Waals surface area (Å²) >= 11 is 5.60. The average molecular weight is 477 g/mol. The summed E-state index contributed by atoms with van der Waals surface area (Å²) in [5.74, 6) is -1.90. The van der Waals surface area contributed by atoms with E-state index in [0.717, 1.165) is 11.6 Å². The number of aryl methyl sites for hydroxylation is 1. The number of hydrogen-bond acceptors (Lipinski definition) is 5. The van der Waals surface area contributed by atoms with Crippen molar-refractivity contribution in [2.24, 2.45) is 5.92 Å². The molecule has 3 rings (SSSR count). The maximum absolute atomic E-state index is 13.1. The van der Waals surface area contributed by atoms with E-state index in [9.17, 15) is 26.4 Å². The molecule has 2 aromatic carbocycles. The summed E-state index contributed by atoms with van der Waals surface area (Å²) in [5.41, 5.74) is 5.28. The number of sulfonamides is 1. The Labute approximate surface area is 182 Å². The summed E-state index contributed by atoms with van der Waals surface area (Å²) in [6, 6.07) is 8.93. The largest absolute Gasteiger partial charge is 0.417 e. The van der Waals surface area contributed by atoms with E-state index in [1.54, 1.807) is 31.2 Å². The molecule has 1 saturated heterocycles. The van der Waals surface area contributed by atoms with E-state index < -0.39 is 50.0 Å². The molecule has 0 bridgehead atoms. The zero-order valence-electron chi connectivity index (χ0n) is 16.4. The van der Waals surface area contributed by atoms with Crippen LogP contribution in [0, 0.1) is 12.8 Å². The van der Waals surface area contributed by atoms with Crippen LogP contribution >= 0.6 is 11.6 Å². The lowest BCUT2D eigenvalue weighted by Gasteiger charge is -2.21. The molecule has 0 radical (unpaired) electrons. The molecule has 1 fully saturated rings. The molecule has 3 unspecified atom stereocenters. The number of amides is 1. The summed E-state index contributed by atoms with van der Waals surface area (Å²) in [4.78, 5) is 12.8. The van der Waals surface area contributed by atoms with Gasteiger partial charge in [0.15, 0.2) is 5.37 Å². The van der Waals surface area contributed by atoms with Gasteiger partial charge in [0.2, 0.25) is 5.91 Å². The van der Waals surface area contributed by atoms with Crippen LogP contribution in [0.5, 0.6) is 0 Å². The van der Waals surface area contributed by atoms with Gasteiger partial charge in [-0.05, 0) is 44.2 Å². The van der Waals surface area contributed by atoms with Crippen molar-refractivity contribution < 1.29 is 26.4 Å². The highest BCUT2D eigenvalue weighted by Gasteiger charge is 2.46. The fourth-order valence-corrected chi connectivity index (χ4v) is 4.97. The number of nitrogens with one attached hydrogen (secondary N) is 4. The van der Waals surface area contributed by atoms with Gasteiger partial charge in [-0.3, -0.25) is 14.9 Å². The third kappa shape index (κ3) is 5.29. The van der Waals surface area contributed by atoms with E-state index >= 15 is 0 Å². The van der Waals surface area contributed by atoms with Crippen LogP contribution in [0.2, 0.25) is 5.02 Å². The van der Waals surface area contributed by atoms with Gasteiger partial charge in [0, 0.05) is 17.4 Å². The highest BCUT2D eigenvalue weighted by molar-refractivity contribution is 7.93. The van der Waals surface area contributed by atoms with Crippen LogP contribution in [0.25, 0.3) is 0 Å². The lowest BCUT2D eigenvalue weighted by atomic mass is 10.0. The molecule has 7 nitrogen and oxygen atoms in total. The van der Waals surface area contributed by atoms with Gasteiger partial charge in [0.25, 0.3) is 10.0 Å². The zero-order chi connectivity index (χ0) is 23.0. The standard InChI is InChI=1S/C19H20ClF3N4O3S/c1-10-3-5-12(6-4-10)27-31(29,30)18-16(11(2)25-26-18)17(28)24-13-7-8-15(20)14(9-13)19(21,22)23/h3-9,11,16,18,25-27H,1-2H3,(H,24,28). The van der Waals surface area contributed by atoms with Crippen LogP contribution in [0.1, 0.15) is 18.1 Å². The topological polar surface area (TPSA) is 99.3 Å². The van der Waals surface area contributed by atoms with Crippen molar-refractivity contribution in [2.45, 2.75) is 31.4 Å². The van der Waals surface area contributed by atoms with Gasteiger partial charge in [-0.25, -0.2) is 13.8 Å². The first kappa shape index (κ1) is 23.3. The first-order valence-corrected chi connectivity index (χ1v) is 11.1. The minimum Gasteiger partial charge on any atom is -0.326 e. The molecule has 1 amide bonds. The van der Waals surface area contributed by atoms with Crippen molar-refractivity contribution in [2.75, 3.05) is 10.0 Å². The molecule has 3 atom stereocenters. The van der Waals surface area contributed by atoms with Gasteiger partial charge in [-0.2, -0.15) is 13.2 Å². The number of anilines is 2. The second kappa shape index (κ2) is 8.65. The van der Waals surface area contributed by atoms with Crippen LogP contribution in [0.3, 0.4) is 0 Å². The molecular formula is C19H20ClF3N4O3S. The molecule has 168 valence electrons. The predicted molar refractivity (Wildman–Crippen MR) is 112 cm³/mol. The Morgan fingerprint density at radius 3 is 2.29 bits per heavy atom. The van der Waals surface area contributed by atoms with Gasteiger partial charge >= 0.3 is 6.18 Å². The number of carbonyl (C=O) groups excluding carboxylic acids is 1. The van der Waals surface area contributed by atoms with Crippen molar-refractivity contribution in [1.82, 2.24) is 10.9 Å². The normalized spacial score (nSPS) is 21.7. The van der Waals surface area contributed by atoms with Gasteiger partial charge in [-0.1, -0.05) is 29.3 Å². The van der Waals surface area contributed by atoms with Crippen molar-refractivity contribution in [3.63, 3.8) is 0 Å². The minimum absolute atomic E-state index is 0.150. The molecule has 0 saturated carbocycles. The summed E-state index contributed by atoms with van der Waals surface area (Å²) in [6.07, 6.45) is -4.70. The molecule has 0 aliphatic carbocycles. The van der Waals surface area contributed by atoms with E-state index in [-0.39, 0.29) is 5.69 Å². The van der Waals surface area contributed by atoms with E-state index in [2.05, 4.69) is 20.9 Å². The number of halogens is 4. The van der Waals surface area contributed by atoms with Crippen LogP contribution < -0.4 is 20.9 Å². The van der Waals surface area contributed by atoms with Gasteiger partial charge in [0.05, 0.1) is 16.5 Å². The fourth-order valence-electron chi connectivity index (χ4n) is 3.19. The quantitative estimate of drug-likeness (QED) is 0.529. The molecule has 0 aromatic heterocycles. The molecule has 4 N–H and O–H groups in total. The van der Waals surface area contributed by atoms with Crippen LogP contribution in [-0.2, 0) is 21.0 Å².